The van der Waals surface area contributed by atoms with E-state index in [1.54, 1.807) is 0 Å². The Balaban J connectivity index is 2.39. The molecule has 2 rings (SSSR count). The van der Waals surface area contributed by atoms with Crippen molar-refractivity contribution >= 4 is 11.8 Å². The van der Waals surface area contributed by atoms with Crippen LogP contribution in [0.2, 0.25) is 0 Å². The minimum atomic E-state index is -0.501. The van der Waals surface area contributed by atoms with Crippen LogP contribution in [-0.2, 0) is 17.7 Å². The lowest BCUT2D eigenvalue weighted by Gasteiger charge is -2.08. The number of ether oxygens (including phenoxy) is 1. The lowest BCUT2D eigenvalue weighted by atomic mass is 10.2. The summed E-state index contributed by atoms with van der Waals surface area (Å²) in [5.74, 6) is 0.633. The van der Waals surface area contributed by atoms with E-state index in [9.17, 15) is 4.79 Å². The number of aryl methyl sites for hydroxylation is 1. The molecule has 0 amide bonds. The summed E-state index contributed by atoms with van der Waals surface area (Å²) in [6.45, 7) is 2.57. The zero-order valence-electron chi connectivity index (χ0n) is 11.1. The molecule has 0 atom stereocenters. The van der Waals surface area contributed by atoms with E-state index in [0.717, 1.165) is 11.4 Å². The number of nitrogens with zero attached hydrogens (tertiary/aromatic N) is 2. The molecule has 0 aliphatic heterocycles. The predicted molar refractivity (Wildman–Crippen MR) is 72.9 cm³/mol. The van der Waals surface area contributed by atoms with Crippen molar-refractivity contribution in [1.29, 1.82) is 0 Å². The summed E-state index contributed by atoms with van der Waals surface area (Å²) in [7, 11) is 1.32. The largest absolute Gasteiger partial charge is 0.464 e. The number of esters is 1. The van der Waals surface area contributed by atoms with E-state index < -0.39 is 5.97 Å². The van der Waals surface area contributed by atoms with Crippen LogP contribution in [0.5, 0.6) is 0 Å². The van der Waals surface area contributed by atoms with Crippen LogP contribution >= 0.6 is 0 Å². The van der Waals surface area contributed by atoms with Crippen molar-refractivity contribution in [3.63, 3.8) is 0 Å². The zero-order chi connectivity index (χ0) is 13.8. The van der Waals surface area contributed by atoms with E-state index >= 15 is 0 Å². The molecule has 1 aromatic heterocycles. The molecule has 0 radical (unpaired) electrons. The standard InChI is InChI=1S/C14H17N3O2/c1-3-11-16-12(14(18)19-2)13(15)17(11)9-10-7-5-4-6-8-10/h4-8H,3,9,15H2,1-2H3. The molecule has 0 unspecified atom stereocenters. The lowest BCUT2D eigenvalue weighted by molar-refractivity contribution is 0.0595. The topological polar surface area (TPSA) is 70.1 Å². The highest BCUT2D eigenvalue weighted by Gasteiger charge is 2.20. The first-order valence-electron chi connectivity index (χ1n) is 6.14. The van der Waals surface area contributed by atoms with Gasteiger partial charge < -0.3 is 15.0 Å². The Kier molecular flexibility index (Phi) is 3.85. The number of methoxy groups -OCH3 is 1. The average Bonchev–Trinajstić information content (AvgIpc) is 2.76. The number of hydrogen-bond acceptors (Lipinski definition) is 4. The first-order valence-corrected chi connectivity index (χ1v) is 6.14. The molecule has 2 N–H and O–H groups in total. The van der Waals surface area contributed by atoms with Gasteiger partial charge in [0.15, 0.2) is 5.69 Å². The van der Waals surface area contributed by atoms with Crippen LogP contribution in [0, 0.1) is 0 Å². The van der Waals surface area contributed by atoms with Crippen molar-refractivity contribution in [2.24, 2.45) is 0 Å². The third-order valence-electron chi connectivity index (χ3n) is 2.96. The molecule has 0 saturated carbocycles. The summed E-state index contributed by atoms with van der Waals surface area (Å²) in [6, 6.07) is 9.92. The van der Waals surface area contributed by atoms with Crippen molar-refractivity contribution in [1.82, 2.24) is 9.55 Å². The first kappa shape index (κ1) is 13.1. The molecule has 0 spiro atoms. The number of hydrogen-bond donors (Lipinski definition) is 1. The number of aromatic nitrogens is 2. The molecular formula is C14H17N3O2. The molecule has 19 heavy (non-hydrogen) atoms. The molecule has 0 fully saturated rings. The van der Waals surface area contributed by atoms with Crippen molar-refractivity contribution in [3.05, 3.63) is 47.4 Å². The van der Waals surface area contributed by atoms with Crippen molar-refractivity contribution in [2.45, 2.75) is 19.9 Å². The number of benzene rings is 1. The Bertz CT molecular complexity index is 576. The zero-order valence-corrected chi connectivity index (χ0v) is 11.1. The van der Waals surface area contributed by atoms with Gasteiger partial charge in [0.2, 0.25) is 0 Å². The van der Waals surface area contributed by atoms with E-state index in [0.29, 0.717) is 18.8 Å². The predicted octanol–water partition coefficient (Wildman–Crippen LogP) is 1.86. The highest BCUT2D eigenvalue weighted by Crippen LogP contribution is 2.18. The minimum Gasteiger partial charge on any atom is -0.464 e. The van der Waals surface area contributed by atoms with E-state index in [-0.39, 0.29) is 5.69 Å². The molecule has 100 valence electrons. The summed E-state index contributed by atoms with van der Waals surface area (Å²) >= 11 is 0. The Labute approximate surface area is 112 Å². The average molecular weight is 259 g/mol. The lowest BCUT2D eigenvalue weighted by Crippen LogP contribution is -2.10. The van der Waals surface area contributed by atoms with Gasteiger partial charge in [0.05, 0.1) is 13.7 Å². The Hall–Kier alpha value is -2.30. The monoisotopic (exact) mass is 259 g/mol. The fraction of sp³-hybridized carbons (Fsp3) is 0.286. The second-order valence-electron chi connectivity index (χ2n) is 4.18. The number of rotatable bonds is 4. The van der Waals surface area contributed by atoms with Crippen molar-refractivity contribution < 1.29 is 9.53 Å². The maximum absolute atomic E-state index is 11.6. The molecular weight excluding hydrogens is 242 g/mol. The number of imidazole rings is 1. The van der Waals surface area contributed by atoms with Gasteiger partial charge in [0.25, 0.3) is 0 Å². The first-order chi connectivity index (χ1) is 9.17. The molecule has 0 saturated heterocycles. The van der Waals surface area contributed by atoms with Gasteiger partial charge in [-0.1, -0.05) is 37.3 Å². The van der Waals surface area contributed by atoms with Gasteiger partial charge in [-0.25, -0.2) is 9.78 Å². The van der Waals surface area contributed by atoms with Crippen molar-refractivity contribution in [3.8, 4) is 0 Å². The normalized spacial score (nSPS) is 10.4. The summed E-state index contributed by atoms with van der Waals surface area (Å²) in [5.41, 5.74) is 7.30. The maximum Gasteiger partial charge on any atom is 0.360 e. The highest BCUT2D eigenvalue weighted by atomic mass is 16.5. The minimum absolute atomic E-state index is 0.190. The van der Waals surface area contributed by atoms with E-state index in [2.05, 4.69) is 9.72 Å². The molecule has 5 nitrogen and oxygen atoms in total. The molecule has 2 aromatic rings. The number of anilines is 1. The summed E-state index contributed by atoms with van der Waals surface area (Å²) in [4.78, 5) is 15.8. The fourth-order valence-corrected chi connectivity index (χ4v) is 1.97. The number of carbonyl (C=O) groups excluding carboxylic acids is 1. The molecule has 5 heteroatoms. The van der Waals surface area contributed by atoms with Crippen LogP contribution in [0.15, 0.2) is 30.3 Å². The second-order valence-corrected chi connectivity index (χ2v) is 4.18. The number of carbonyl (C=O) groups is 1. The van der Waals surface area contributed by atoms with Gasteiger partial charge >= 0.3 is 5.97 Å². The third kappa shape index (κ3) is 2.59. The smallest absolute Gasteiger partial charge is 0.360 e. The molecule has 1 aromatic carbocycles. The van der Waals surface area contributed by atoms with E-state index in [1.807, 2.05) is 41.8 Å². The maximum atomic E-state index is 11.6. The van der Waals surface area contributed by atoms with Crippen LogP contribution in [0.25, 0.3) is 0 Å². The van der Waals surface area contributed by atoms with Gasteiger partial charge in [0, 0.05) is 6.42 Å². The third-order valence-corrected chi connectivity index (χ3v) is 2.96. The number of nitrogens with two attached hydrogens (primary N) is 1. The molecule has 0 bridgehead atoms. The van der Waals surface area contributed by atoms with Gasteiger partial charge in [-0.2, -0.15) is 0 Å². The van der Waals surface area contributed by atoms with Crippen LogP contribution in [0.1, 0.15) is 28.8 Å². The molecule has 0 aliphatic rings. The van der Waals surface area contributed by atoms with Gasteiger partial charge in [-0.05, 0) is 5.56 Å². The summed E-state index contributed by atoms with van der Waals surface area (Å²) in [6.07, 6.45) is 0.702. The quantitative estimate of drug-likeness (QED) is 0.851. The molecule has 1 heterocycles. The number of nitrogen functional groups attached to an aromatic ring is 1. The SMILES string of the molecule is CCc1nc(C(=O)OC)c(N)n1Cc1ccccc1. The van der Waals surface area contributed by atoms with Crippen LogP contribution < -0.4 is 5.73 Å². The van der Waals surface area contributed by atoms with Crippen LogP contribution in [0.3, 0.4) is 0 Å². The Morgan fingerprint density at radius 2 is 2.05 bits per heavy atom. The Morgan fingerprint density at radius 3 is 2.63 bits per heavy atom. The second kappa shape index (κ2) is 5.56. The van der Waals surface area contributed by atoms with Crippen molar-refractivity contribution in [2.75, 3.05) is 12.8 Å². The molecule has 0 aliphatic carbocycles. The van der Waals surface area contributed by atoms with Gasteiger partial charge in [-0.15, -0.1) is 0 Å². The van der Waals surface area contributed by atoms with Crippen LogP contribution in [-0.4, -0.2) is 22.6 Å². The van der Waals surface area contributed by atoms with E-state index in [4.69, 9.17) is 5.73 Å². The summed E-state index contributed by atoms with van der Waals surface area (Å²) in [5, 5.41) is 0. The Morgan fingerprint density at radius 1 is 1.37 bits per heavy atom. The fourth-order valence-electron chi connectivity index (χ4n) is 1.97. The highest BCUT2D eigenvalue weighted by molar-refractivity contribution is 5.92. The van der Waals surface area contributed by atoms with Crippen LogP contribution in [0.4, 0.5) is 5.82 Å². The van der Waals surface area contributed by atoms with Gasteiger partial charge in [0.1, 0.15) is 11.6 Å². The summed E-state index contributed by atoms with van der Waals surface area (Å²) < 4.78 is 6.53. The van der Waals surface area contributed by atoms with E-state index in [1.165, 1.54) is 7.11 Å². The van der Waals surface area contributed by atoms with Gasteiger partial charge in [-0.3, -0.25) is 0 Å².